The first-order chi connectivity index (χ1) is 12.1. The molecule has 0 aromatic heterocycles. The lowest BCUT2D eigenvalue weighted by atomic mass is 9.92. The van der Waals surface area contributed by atoms with Crippen LogP contribution in [0.25, 0.3) is 0 Å². The molecule has 3 N–H and O–H groups in total. The summed E-state index contributed by atoms with van der Waals surface area (Å²) in [5.74, 6) is 0.406. The normalized spacial score (nSPS) is 15.5. The third-order valence-electron chi connectivity index (χ3n) is 4.64. The molecule has 5 heteroatoms. The summed E-state index contributed by atoms with van der Waals surface area (Å²) in [7, 11) is 0. The Balaban J connectivity index is 1.34. The van der Waals surface area contributed by atoms with Gasteiger partial charge in [-0.15, -0.1) is 0 Å². The Bertz CT molecular complexity index is 684. The van der Waals surface area contributed by atoms with Gasteiger partial charge in [0.25, 0.3) is 0 Å². The number of hydrogen-bond donors (Lipinski definition) is 2. The molecule has 1 atom stereocenters. The molecular weight excluding hydrogens is 334 g/mol. The Morgan fingerprint density at radius 2 is 1.84 bits per heavy atom. The number of urea groups is 1. The monoisotopic (exact) mass is 357 g/mol. The third kappa shape index (κ3) is 4.97. The van der Waals surface area contributed by atoms with Gasteiger partial charge in [0, 0.05) is 36.6 Å². The average Bonchev–Trinajstić information content (AvgIpc) is 2.56. The number of nitrogens with two attached hydrogens (primary N) is 1. The summed E-state index contributed by atoms with van der Waals surface area (Å²) in [6.07, 6.45) is 1.61. The summed E-state index contributed by atoms with van der Waals surface area (Å²) in [6.45, 7) is 2.11. The van der Waals surface area contributed by atoms with Crippen LogP contribution in [0.1, 0.15) is 23.5 Å². The van der Waals surface area contributed by atoms with Crippen LogP contribution in [0.3, 0.4) is 0 Å². The van der Waals surface area contributed by atoms with E-state index in [0.717, 1.165) is 31.0 Å². The summed E-state index contributed by atoms with van der Waals surface area (Å²) < 4.78 is 0. The van der Waals surface area contributed by atoms with Gasteiger partial charge in [0.2, 0.25) is 0 Å². The molecule has 2 aromatic carbocycles. The molecule has 0 spiro atoms. The summed E-state index contributed by atoms with van der Waals surface area (Å²) >= 11 is 5.91. The number of rotatable bonds is 6. The molecule has 1 aliphatic rings. The average molecular weight is 358 g/mol. The van der Waals surface area contributed by atoms with Crippen molar-refractivity contribution >= 4 is 17.6 Å². The first-order valence-electron chi connectivity index (χ1n) is 8.69. The minimum atomic E-state index is -0.00266. The molecule has 25 heavy (non-hydrogen) atoms. The summed E-state index contributed by atoms with van der Waals surface area (Å²) in [5, 5.41) is 3.71. The Labute approximate surface area is 154 Å². The Kier molecular flexibility index (Phi) is 5.95. The number of carbonyl (C=O) groups excluding carboxylic acids is 1. The molecule has 0 saturated carbocycles. The highest BCUT2D eigenvalue weighted by atomic mass is 35.5. The van der Waals surface area contributed by atoms with Crippen LogP contribution in [0.4, 0.5) is 4.79 Å². The van der Waals surface area contributed by atoms with Crippen molar-refractivity contribution in [1.82, 2.24) is 10.2 Å². The molecule has 2 amide bonds. The van der Waals surface area contributed by atoms with E-state index in [9.17, 15) is 4.79 Å². The Morgan fingerprint density at radius 3 is 2.52 bits per heavy atom. The number of benzene rings is 2. The minimum absolute atomic E-state index is 0.00266. The molecule has 1 saturated heterocycles. The van der Waals surface area contributed by atoms with E-state index < -0.39 is 0 Å². The zero-order chi connectivity index (χ0) is 17.6. The van der Waals surface area contributed by atoms with E-state index in [1.165, 1.54) is 11.1 Å². The SMILES string of the molecule is NC(CCNC(=O)N1CC(c2ccc(Cl)cc2)C1)Cc1ccccc1. The van der Waals surface area contributed by atoms with Crippen LogP contribution >= 0.6 is 11.6 Å². The van der Waals surface area contributed by atoms with E-state index in [4.69, 9.17) is 17.3 Å². The van der Waals surface area contributed by atoms with Crippen LogP contribution in [-0.2, 0) is 6.42 Å². The Hall–Kier alpha value is -2.04. The zero-order valence-corrected chi connectivity index (χ0v) is 15.0. The number of likely N-dealkylation sites (tertiary alicyclic amines) is 1. The van der Waals surface area contributed by atoms with E-state index in [0.29, 0.717) is 12.5 Å². The van der Waals surface area contributed by atoms with Crippen molar-refractivity contribution < 1.29 is 4.79 Å². The van der Waals surface area contributed by atoms with Crippen LogP contribution in [0.2, 0.25) is 5.02 Å². The largest absolute Gasteiger partial charge is 0.338 e. The van der Waals surface area contributed by atoms with Crippen molar-refractivity contribution in [2.75, 3.05) is 19.6 Å². The standard InChI is InChI=1S/C20H24ClN3O/c21-18-8-6-16(7-9-18)17-13-24(14-17)20(25)23-11-10-19(22)12-15-4-2-1-3-5-15/h1-9,17,19H,10-14,22H2,(H,23,25). The van der Waals surface area contributed by atoms with Gasteiger partial charge >= 0.3 is 6.03 Å². The van der Waals surface area contributed by atoms with Crippen LogP contribution in [0, 0.1) is 0 Å². The first-order valence-corrected chi connectivity index (χ1v) is 9.07. The molecule has 0 aliphatic carbocycles. The molecule has 0 radical (unpaired) electrons. The van der Waals surface area contributed by atoms with E-state index in [1.54, 1.807) is 0 Å². The van der Waals surface area contributed by atoms with Gasteiger partial charge in [-0.3, -0.25) is 0 Å². The third-order valence-corrected chi connectivity index (χ3v) is 4.89. The molecule has 1 unspecified atom stereocenters. The fourth-order valence-corrected chi connectivity index (χ4v) is 3.21. The van der Waals surface area contributed by atoms with Gasteiger partial charge in [0.15, 0.2) is 0 Å². The van der Waals surface area contributed by atoms with Gasteiger partial charge in [-0.05, 0) is 36.1 Å². The van der Waals surface area contributed by atoms with Gasteiger partial charge in [-0.2, -0.15) is 0 Å². The highest BCUT2D eigenvalue weighted by molar-refractivity contribution is 6.30. The van der Waals surface area contributed by atoms with Crippen molar-refractivity contribution in [2.45, 2.75) is 24.8 Å². The molecule has 3 rings (SSSR count). The van der Waals surface area contributed by atoms with Gasteiger partial charge in [0.05, 0.1) is 0 Å². The lowest BCUT2D eigenvalue weighted by Gasteiger charge is -2.39. The van der Waals surface area contributed by atoms with Crippen LogP contribution in [-0.4, -0.2) is 36.6 Å². The molecule has 1 fully saturated rings. The number of nitrogens with one attached hydrogen (secondary N) is 1. The lowest BCUT2D eigenvalue weighted by Crippen LogP contribution is -2.52. The van der Waals surface area contributed by atoms with E-state index >= 15 is 0 Å². The number of halogens is 1. The maximum atomic E-state index is 12.1. The van der Waals surface area contributed by atoms with Crippen LogP contribution < -0.4 is 11.1 Å². The molecule has 2 aromatic rings. The number of amides is 2. The molecule has 1 aliphatic heterocycles. The van der Waals surface area contributed by atoms with E-state index in [1.807, 2.05) is 47.4 Å². The quantitative estimate of drug-likeness (QED) is 0.832. The number of nitrogens with zero attached hydrogens (tertiary/aromatic N) is 1. The van der Waals surface area contributed by atoms with Crippen molar-refractivity contribution in [3.63, 3.8) is 0 Å². The predicted molar refractivity (Wildman–Crippen MR) is 102 cm³/mol. The summed E-state index contributed by atoms with van der Waals surface area (Å²) in [5.41, 5.74) is 8.62. The first kappa shape index (κ1) is 17.8. The second-order valence-corrected chi connectivity index (χ2v) is 7.06. The van der Waals surface area contributed by atoms with Crippen molar-refractivity contribution in [1.29, 1.82) is 0 Å². The fourth-order valence-electron chi connectivity index (χ4n) is 3.09. The van der Waals surface area contributed by atoms with Crippen molar-refractivity contribution in [3.8, 4) is 0 Å². The highest BCUT2D eigenvalue weighted by Gasteiger charge is 2.31. The van der Waals surface area contributed by atoms with Gasteiger partial charge in [0.1, 0.15) is 0 Å². The molecular formula is C20H24ClN3O. The number of hydrogen-bond acceptors (Lipinski definition) is 2. The van der Waals surface area contributed by atoms with Crippen molar-refractivity contribution in [2.24, 2.45) is 5.73 Å². The molecule has 4 nitrogen and oxygen atoms in total. The van der Waals surface area contributed by atoms with Crippen LogP contribution in [0.15, 0.2) is 54.6 Å². The van der Waals surface area contributed by atoms with E-state index in [2.05, 4.69) is 17.4 Å². The molecule has 1 heterocycles. The predicted octanol–water partition coefficient (Wildman–Crippen LogP) is 3.41. The van der Waals surface area contributed by atoms with E-state index in [-0.39, 0.29) is 12.1 Å². The van der Waals surface area contributed by atoms with Gasteiger partial charge < -0.3 is 16.0 Å². The maximum absolute atomic E-state index is 12.1. The topological polar surface area (TPSA) is 58.4 Å². The highest BCUT2D eigenvalue weighted by Crippen LogP contribution is 2.27. The molecule has 0 bridgehead atoms. The fraction of sp³-hybridized carbons (Fsp3) is 0.350. The molecule has 132 valence electrons. The summed E-state index contributed by atoms with van der Waals surface area (Å²) in [4.78, 5) is 14.0. The van der Waals surface area contributed by atoms with Gasteiger partial charge in [-0.25, -0.2) is 4.79 Å². The Morgan fingerprint density at radius 1 is 1.16 bits per heavy atom. The summed E-state index contributed by atoms with van der Waals surface area (Å²) in [6, 6.07) is 18.1. The second kappa shape index (κ2) is 8.37. The maximum Gasteiger partial charge on any atom is 0.317 e. The van der Waals surface area contributed by atoms with Crippen LogP contribution in [0.5, 0.6) is 0 Å². The number of carbonyl (C=O) groups is 1. The smallest absolute Gasteiger partial charge is 0.317 e. The minimum Gasteiger partial charge on any atom is -0.338 e. The van der Waals surface area contributed by atoms with Crippen molar-refractivity contribution in [3.05, 3.63) is 70.7 Å². The zero-order valence-electron chi connectivity index (χ0n) is 14.2. The lowest BCUT2D eigenvalue weighted by molar-refractivity contribution is 0.151. The van der Waals surface area contributed by atoms with Gasteiger partial charge in [-0.1, -0.05) is 54.1 Å². The second-order valence-electron chi connectivity index (χ2n) is 6.62.